The van der Waals surface area contributed by atoms with Gasteiger partial charge in [-0.2, -0.15) is 4.39 Å². The summed E-state index contributed by atoms with van der Waals surface area (Å²) in [5, 5.41) is 1.76. The molecule has 1 amide bonds. The van der Waals surface area contributed by atoms with Gasteiger partial charge in [-0.1, -0.05) is 23.2 Å². The molecule has 0 aromatic carbocycles. The Labute approximate surface area is 215 Å². The van der Waals surface area contributed by atoms with Crippen LogP contribution in [0, 0.1) is 17.5 Å². The molecule has 0 unspecified atom stereocenters. The summed E-state index contributed by atoms with van der Waals surface area (Å²) < 4.78 is 48.4. The zero-order chi connectivity index (χ0) is 27.5. The van der Waals surface area contributed by atoms with Crippen molar-refractivity contribution in [2.45, 2.75) is 33.3 Å². The van der Waals surface area contributed by atoms with E-state index in [1.807, 2.05) is 0 Å². The number of pyridine rings is 3. The number of hydrogen-bond acceptors (Lipinski definition) is 8. The van der Waals surface area contributed by atoms with Crippen LogP contribution in [0.25, 0.3) is 0 Å². The van der Waals surface area contributed by atoms with Crippen LogP contribution in [0.3, 0.4) is 0 Å². The number of nitrogens with two attached hydrogens (primary N) is 2. The quantitative estimate of drug-likeness (QED) is 0.345. The minimum absolute atomic E-state index is 0.0231. The highest BCUT2D eigenvalue weighted by molar-refractivity contribution is 6.30. The van der Waals surface area contributed by atoms with Crippen molar-refractivity contribution in [3.05, 3.63) is 64.5 Å². The molecule has 14 heteroatoms. The summed E-state index contributed by atoms with van der Waals surface area (Å²) in [6, 6.07) is 4.03. The molecule has 196 valence electrons. The van der Waals surface area contributed by atoms with Gasteiger partial charge in [-0.3, -0.25) is 5.32 Å². The van der Waals surface area contributed by atoms with E-state index in [2.05, 4.69) is 20.3 Å². The van der Waals surface area contributed by atoms with Gasteiger partial charge in [0.2, 0.25) is 5.82 Å². The van der Waals surface area contributed by atoms with Crippen molar-refractivity contribution < 1.29 is 27.4 Å². The second-order valence-electron chi connectivity index (χ2n) is 7.55. The first kappa shape index (κ1) is 30.5. The van der Waals surface area contributed by atoms with Gasteiger partial charge in [0.25, 0.3) is 5.88 Å². The van der Waals surface area contributed by atoms with Gasteiger partial charge in [0, 0.05) is 18.6 Å². The maximum Gasteiger partial charge on any atom is 0.412 e. The molecule has 0 aliphatic rings. The van der Waals surface area contributed by atoms with Crippen molar-refractivity contribution in [2.24, 2.45) is 0 Å². The Bertz CT molecular complexity index is 1150. The molecule has 0 saturated carbocycles. The standard InChI is InChI=1S/C10H12ClFN2O2.C7H9FN2O.C5H4ClFN2/c1-10(2,3)16-9(15)14-6-4-5-13-8(11)7(6)12;1-2-11-7-6(8)5(9)3-4-10-7;6-5-4(7)3(8)1-2-9-5/h4-5H,1-3H3,(H,13,14,15);3-4H,2H2,1H3,(H2,9,10);1-2H,(H2,8,9). The molecule has 36 heavy (non-hydrogen) atoms. The van der Waals surface area contributed by atoms with E-state index >= 15 is 0 Å². The van der Waals surface area contributed by atoms with E-state index in [-0.39, 0.29) is 33.2 Å². The number of amides is 1. The number of hydrogen-bond donors (Lipinski definition) is 3. The van der Waals surface area contributed by atoms with E-state index in [0.717, 1.165) is 0 Å². The van der Waals surface area contributed by atoms with Crippen molar-refractivity contribution in [3.8, 4) is 5.88 Å². The van der Waals surface area contributed by atoms with Gasteiger partial charge in [-0.15, -0.1) is 0 Å². The summed E-state index contributed by atoms with van der Waals surface area (Å²) in [6.45, 7) is 7.27. The predicted molar refractivity (Wildman–Crippen MR) is 132 cm³/mol. The van der Waals surface area contributed by atoms with Crippen LogP contribution in [-0.4, -0.2) is 33.3 Å². The Kier molecular flexibility index (Phi) is 12.0. The predicted octanol–water partition coefficient (Wildman–Crippen LogP) is 5.88. The van der Waals surface area contributed by atoms with E-state index in [0.29, 0.717) is 6.61 Å². The zero-order valence-electron chi connectivity index (χ0n) is 19.8. The number of halogens is 5. The molecular weight excluding hydrogens is 524 g/mol. The van der Waals surface area contributed by atoms with Crippen molar-refractivity contribution in [3.63, 3.8) is 0 Å². The fourth-order valence-electron chi connectivity index (χ4n) is 2.04. The van der Waals surface area contributed by atoms with Crippen LogP contribution in [0.4, 0.5) is 35.0 Å². The van der Waals surface area contributed by atoms with E-state index in [1.165, 1.54) is 36.8 Å². The zero-order valence-corrected chi connectivity index (χ0v) is 21.3. The van der Waals surface area contributed by atoms with Gasteiger partial charge in [-0.25, -0.2) is 28.5 Å². The van der Waals surface area contributed by atoms with Gasteiger partial charge in [0.1, 0.15) is 5.60 Å². The van der Waals surface area contributed by atoms with E-state index < -0.39 is 29.1 Å². The molecule has 3 heterocycles. The largest absolute Gasteiger partial charge is 0.476 e. The molecular formula is C22H25Cl2F3N6O3. The highest BCUT2D eigenvalue weighted by atomic mass is 35.5. The number of aromatic nitrogens is 3. The SMILES string of the molecule is CC(C)(C)OC(=O)Nc1ccnc(Cl)c1F.CCOc1nccc(N)c1F.Nc1ccnc(Cl)c1F. The minimum Gasteiger partial charge on any atom is -0.476 e. The molecule has 3 aromatic heterocycles. The molecule has 0 aliphatic heterocycles. The van der Waals surface area contributed by atoms with E-state index in [4.69, 9.17) is 44.1 Å². The number of rotatable bonds is 3. The molecule has 9 nitrogen and oxygen atoms in total. The number of nitrogens with zero attached hydrogens (tertiary/aromatic N) is 3. The lowest BCUT2D eigenvalue weighted by atomic mass is 10.2. The molecule has 5 N–H and O–H groups in total. The molecule has 0 aliphatic carbocycles. The maximum absolute atomic E-state index is 13.3. The van der Waals surface area contributed by atoms with Gasteiger partial charge >= 0.3 is 6.09 Å². The number of ether oxygens (including phenoxy) is 2. The van der Waals surface area contributed by atoms with Gasteiger partial charge in [-0.05, 0) is 45.9 Å². The molecule has 0 fully saturated rings. The Morgan fingerprint density at radius 2 is 1.42 bits per heavy atom. The number of carbonyl (C=O) groups is 1. The number of nitrogen functional groups attached to an aromatic ring is 2. The van der Waals surface area contributed by atoms with Crippen LogP contribution in [0.5, 0.6) is 5.88 Å². The number of carbonyl (C=O) groups excluding carboxylic acids is 1. The van der Waals surface area contributed by atoms with Gasteiger partial charge in [0.15, 0.2) is 21.9 Å². The van der Waals surface area contributed by atoms with Crippen molar-refractivity contribution >= 4 is 46.4 Å². The summed E-state index contributed by atoms with van der Waals surface area (Å²) in [5.74, 6) is -2.06. The van der Waals surface area contributed by atoms with Gasteiger partial charge < -0.3 is 20.9 Å². The normalized spacial score (nSPS) is 10.2. The minimum atomic E-state index is -0.782. The average Bonchev–Trinajstić information content (AvgIpc) is 2.78. The molecule has 0 spiro atoms. The first-order chi connectivity index (χ1) is 16.8. The molecule has 0 bridgehead atoms. The van der Waals surface area contributed by atoms with Crippen LogP contribution >= 0.6 is 23.2 Å². The van der Waals surface area contributed by atoms with Crippen LogP contribution in [0.1, 0.15) is 27.7 Å². The summed E-state index contributed by atoms with van der Waals surface area (Å²) in [5.41, 5.74) is 9.76. The fraction of sp³-hybridized carbons (Fsp3) is 0.273. The lowest BCUT2D eigenvalue weighted by Crippen LogP contribution is -2.27. The second kappa shape index (κ2) is 14.1. The highest BCUT2D eigenvalue weighted by Gasteiger charge is 2.18. The smallest absolute Gasteiger partial charge is 0.412 e. The van der Waals surface area contributed by atoms with Crippen molar-refractivity contribution in [2.75, 3.05) is 23.4 Å². The fourth-order valence-corrected chi connectivity index (χ4v) is 2.36. The third-order valence-corrected chi connectivity index (χ3v) is 4.05. The monoisotopic (exact) mass is 548 g/mol. The summed E-state index contributed by atoms with van der Waals surface area (Å²) in [6.07, 6.45) is 3.30. The van der Waals surface area contributed by atoms with Crippen molar-refractivity contribution in [1.29, 1.82) is 0 Å². The lowest BCUT2D eigenvalue weighted by Gasteiger charge is -2.19. The third kappa shape index (κ3) is 10.4. The first-order valence-electron chi connectivity index (χ1n) is 10.1. The molecule has 0 atom stereocenters. The van der Waals surface area contributed by atoms with Crippen LogP contribution in [-0.2, 0) is 4.74 Å². The summed E-state index contributed by atoms with van der Waals surface area (Å²) >= 11 is 10.7. The molecule has 0 saturated heterocycles. The number of anilines is 3. The number of nitrogens with one attached hydrogen (secondary N) is 1. The average molecular weight is 549 g/mol. The lowest BCUT2D eigenvalue weighted by molar-refractivity contribution is 0.0635. The topological polar surface area (TPSA) is 138 Å². The van der Waals surface area contributed by atoms with E-state index in [9.17, 15) is 18.0 Å². The van der Waals surface area contributed by atoms with Crippen molar-refractivity contribution in [1.82, 2.24) is 15.0 Å². The summed E-state index contributed by atoms with van der Waals surface area (Å²) in [7, 11) is 0. The Morgan fingerprint density at radius 3 is 1.92 bits per heavy atom. The van der Waals surface area contributed by atoms with Crippen LogP contribution in [0.15, 0.2) is 36.8 Å². The Balaban J connectivity index is 0.000000283. The van der Waals surface area contributed by atoms with Gasteiger partial charge in [0.05, 0.1) is 23.7 Å². The summed E-state index contributed by atoms with van der Waals surface area (Å²) in [4.78, 5) is 21.9. The Morgan fingerprint density at radius 1 is 0.917 bits per heavy atom. The van der Waals surface area contributed by atoms with E-state index in [1.54, 1.807) is 27.7 Å². The second-order valence-corrected chi connectivity index (χ2v) is 8.26. The molecule has 3 aromatic rings. The third-order valence-electron chi connectivity index (χ3n) is 3.53. The molecule has 0 radical (unpaired) electrons. The van der Waals surface area contributed by atoms with Crippen LogP contribution < -0.4 is 21.5 Å². The maximum atomic E-state index is 13.3. The first-order valence-corrected chi connectivity index (χ1v) is 10.9. The molecule has 3 rings (SSSR count). The highest BCUT2D eigenvalue weighted by Crippen LogP contribution is 2.21. The Hall–Kier alpha value is -3.51. The van der Waals surface area contributed by atoms with Crippen LogP contribution in [0.2, 0.25) is 10.3 Å².